The zero-order valence-corrected chi connectivity index (χ0v) is 10.1. The minimum Gasteiger partial charge on any atom is -0.491 e. The average molecular weight is 207 g/mol. The maximum Gasteiger partial charge on any atom is 0.119 e. The van der Waals surface area contributed by atoms with E-state index in [4.69, 9.17) is 4.74 Å². The molecule has 1 aromatic rings. The van der Waals surface area contributed by atoms with Crippen LogP contribution in [0.15, 0.2) is 24.3 Å². The summed E-state index contributed by atoms with van der Waals surface area (Å²) in [5.41, 5.74) is 1.29. The van der Waals surface area contributed by atoms with Crippen LogP contribution in [0.1, 0.15) is 38.8 Å². The molecule has 0 spiro atoms. The Kier molecular flexibility index (Phi) is 4.63. The Labute approximate surface area is 92.6 Å². The van der Waals surface area contributed by atoms with Gasteiger partial charge in [-0.05, 0) is 45.0 Å². The van der Waals surface area contributed by atoms with Gasteiger partial charge in [0.25, 0.3) is 0 Å². The largest absolute Gasteiger partial charge is 0.491 e. The third-order valence-corrected chi connectivity index (χ3v) is 2.73. The van der Waals surface area contributed by atoms with Crippen LogP contribution in [-0.2, 0) is 0 Å². The van der Waals surface area contributed by atoms with E-state index in [-0.39, 0.29) is 6.10 Å². The van der Waals surface area contributed by atoms with Crippen LogP contribution >= 0.6 is 0 Å². The zero-order chi connectivity index (χ0) is 11.3. The summed E-state index contributed by atoms with van der Waals surface area (Å²) in [6.07, 6.45) is 1.33. The Bertz CT molecular complexity index is 281. The topological polar surface area (TPSA) is 21.3 Å². The van der Waals surface area contributed by atoms with E-state index in [2.05, 4.69) is 38.2 Å². The van der Waals surface area contributed by atoms with Gasteiger partial charge in [0.2, 0.25) is 0 Å². The standard InChI is InChI=1S/C13H21NO/c1-5-10(2)15-13-8-6-12(7-9-13)11(3)14-4/h6-11,14H,5H2,1-4H3. The Morgan fingerprint density at radius 3 is 2.27 bits per heavy atom. The minimum atomic E-state index is 0.289. The fraction of sp³-hybridized carbons (Fsp3) is 0.538. The molecule has 84 valence electrons. The Hall–Kier alpha value is -1.02. The first-order chi connectivity index (χ1) is 7.17. The molecule has 0 aliphatic carbocycles. The second-order valence-electron chi connectivity index (χ2n) is 3.92. The summed E-state index contributed by atoms with van der Waals surface area (Å²) in [6.45, 7) is 6.36. The van der Waals surface area contributed by atoms with E-state index in [1.54, 1.807) is 0 Å². The summed E-state index contributed by atoms with van der Waals surface area (Å²) >= 11 is 0. The number of benzene rings is 1. The van der Waals surface area contributed by atoms with Crippen LogP contribution in [0.25, 0.3) is 0 Å². The van der Waals surface area contributed by atoms with Crippen molar-refractivity contribution in [2.24, 2.45) is 0 Å². The Balaban J connectivity index is 2.64. The number of ether oxygens (including phenoxy) is 1. The third kappa shape index (κ3) is 3.56. The number of rotatable bonds is 5. The van der Waals surface area contributed by atoms with Gasteiger partial charge in [0.1, 0.15) is 5.75 Å². The van der Waals surface area contributed by atoms with Gasteiger partial charge in [0.05, 0.1) is 6.10 Å². The molecule has 0 aliphatic rings. The molecule has 0 aliphatic heterocycles. The van der Waals surface area contributed by atoms with Crippen molar-refractivity contribution in [3.8, 4) is 5.75 Å². The fourth-order valence-electron chi connectivity index (χ4n) is 1.32. The van der Waals surface area contributed by atoms with E-state index in [0.717, 1.165) is 12.2 Å². The molecule has 1 aromatic carbocycles. The molecule has 0 radical (unpaired) electrons. The van der Waals surface area contributed by atoms with Crippen molar-refractivity contribution in [3.63, 3.8) is 0 Å². The Morgan fingerprint density at radius 2 is 1.80 bits per heavy atom. The molecule has 2 nitrogen and oxygen atoms in total. The van der Waals surface area contributed by atoms with Gasteiger partial charge in [-0.2, -0.15) is 0 Å². The SMILES string of the molecule is CCC(C)Oc1ccc(C(C)NC)cc1. The van der Waals surface area contributed by atoms with E-state index < -0.39 is 0 Å². The number of hydrogen-bond acceptors (Lipinski definition) is 2. The van der Waals surface area contributed by atoms with Gasteiger partial charge in [0, 0.05) is 6.04 Å². The fourth-order valence-corrected chi connectivity index (χ4v) is 1.32. The third-order valence-electron chi connectivity index (χ3n) is 2.73. The van der Waals surface area contributed by atoms with Crippen LogP contribution < -0.4 is 10.1 Å². The predicted octanol–water partition coefficient (Wildman–Crippen LogP) is 3.14. The molecular weight excluding hydrogens is 186 g/mol. The summed E-state index contributed by atoms with van der Waals surface area (Å²) in [5, 5.41) is 3.21. The summed E-state index contributed by atoms with van der Waals surface area (Å²) in [6, 6.07) is 8.69. The van der Waals surface area contributed by atoms with Gasteiger partial charge < -0.3 is 10.1 Å². The van der Waals surface area contributed by atoms with Crippen molar-refractivity contribution in [3.05, 3.63) is 29.8 Å². The molecule has 2 unspecified atom stereocenters. The van der Waals surface area contributed by atoms with Crippen LogP contribution in [0.2, 0.25) is 0 Å². The lowest BCUT2D eigenvalue weighted by molar-refractivity contribution is 0.217. The van der Waals surface area contributed by atoms with Gasteiger partial charge in [0.15, 0.2) is 0 Å². The molecule has 0 bridgehead atoms. The average Bonchev–Trinajstić information content (AvgIpc) is 2.29. The van der Waals surface area contributed by atoms with E-state index >= 15 is 0 Å². The first-order valence-corrected chi connectivity index (χ1v) is 5.61. The van der Waals surface area contributed by atoms with E-state index in [0.29, 0.717) is 6.04 Å². The number of nitrogens with one attached hydrogen (secondary N) is 1. The summed E-state index contributed by atoms with van der Waals surface area (Å²) in [5.74, 6) is 0.955. The van der Waals surface area contributed by atoms with Crippen molar-refractivity contribution in [1.82, 2.24) is 5.32 Å². The van der Waals surface area contributed by atoms with Crippen LogP contribution in [0.5, 0.6) is 5.75 Å². The van der Waals surface area contributed by atoms with Crippen molar-refractivity contribution >= 4 is 0 Å². The first-order valence-electron chi connectivity index (χ1n) is 5.61. The van der Waals surface area contributed by atoms with Crippen LogP contribution in [-0.4, -0.2) is 13.2 Å². The van der Waals surface area contributed by atoms with E-state index in [1.165, 1.54) is 5.56 Å². The second-order valence-corrected chi connectivity index (χ2v) is 3.92. The highest BCUT2D eigenvalue weighted by atomic mass is 16.5. The van der Waals surface area contributed by atoms with Gasteiger partial charge in [-0.1, -0.05) is 19.1 Å². The Morgan fingerprint density at radius 1 is 1.20 bits per heavy atom. The molecule has 1 N–H and O–H groups in total. The van der Waals surface area contributed by atoms with Crippen LogP contribution in [0, 0.1) is 0 Å². The molecule has 1 rings (SSSR count). The van der Waals surface area contributed by atoms with E-state index in [9.17, 15) is 0 Å². The summed E-state index contributed by atoms with van der Waals surface area (Å²) in [4.78, 5) is 0. The van der Waals surface area contributed by atoms with Crippen molar-refractivity contribution in [2.45, 2.75) is 39.3 Å². The normalized spacial score (nSPS) is 14.7. The molecule has 0 saturated carbocycles. The van der Waals surface area contributed by atoms with Gasteiger partial charge in [-0.25, -0.2) is 0 Å². The van der Waals surface area contributed by atoms with E-state index in [1.807, 2.05) is 19.2 Å². The molecular formula is C13H21NO. The second kappa shape index (κ2) is 5.76. The molecule has 0 heterocycles. The molecule has 0 amide bonds. The lowest BCUT2D eigenvalue weighted by atomic mass is 10.1. The zero-order valence-electron chi connectivity index (χ0n) is 10.1. The molecule has 0 fully saturated rings. The quantitative estimate of drug-likeness (QED) is 0.801. The molecule has 2 heteroatoms. The molecule has 0 saturated heterocycles. The highest BCUT2D eigenvalue weighted by Gasteiger charge is 2.04. The molecule has 2 atom stereocenters. The van der Waals surface area contributed by atoms with Gasteiger partial charge in [-0.3, -0.25) is 0 Å². The smallest absolute Gasteiger partial charge is 0.119 e. The van der Waals surface area contributed by atoms with Crippen LogP contribution in [0.4, 0.5) is 0 Å². The predicted molar refractivity (Wildman–Crippen MR) is 64.3 cm³/mol. The monoisotopic (exact) mass is 207 g/mol. The maximum absolute atomic E-state index is 5.71. The molecule has 0 aromatic heterocycles. The van der Waals surface area contributed by atoms with Crippen molar-refractivity contribution in [1.29, 1.82) is 0 Å². The van der Waals surface area contributed by atoms with Gasteiger partial charge in [-0.15, -0.1) is 0 Å². The van der Waals surface area contributed by atoms with Gasteiger partial charge >= 0.3 is 0 Å². The highest BCUT2D eigenvalue weighted by Crippen LogP contribution is 2.18. The minimum absolute atomic E-state index is 0.289. The van der Waals surface area contributed by atoms with Crippen molar-refractivity contribution in [2.75, 3.05) is 7.05 Å². The first kappa shape index (κ1) is 12.1. The lowest BCUT2D eigenvalue weighted by Crippen LogP contribution is -2.12. The van der Waals surface area contributed by atoms with Crippen LogP contribution in [0.3, 0.4) is 0 Å². The summed E-state index contributed by atoms with van der Waals surface area (Å²) < 4.78 is 5.71. The lowest BCUT2D eigenvalue weighted by Gasteiger charge is -2.14. The number of hydrogen-bond donors (Lipinski definition) is 1. The summed E-state index contributed by atoms with van der Waals surface area (Å²) in [7, 11) is 1.97. The maximum atomic E-state index is 5.71. The highest BCUT2D eigenvalue weighted by molar-refractivity contribution is 5.29. The van der Waals surface area contributed by atoms with Crippen molar-refractivity contribution < 1.29 is 4.74 Å². The molecule has 15 heavy (non-hydrogen) atoms.